The largest absolute Gasteiger partial charge is 0.507 e. The summed E-state index contributed by atoms with van der Waals surface area (Å²) in [6, 6.07) is 15.6. The van der Waals surface area contributed by atoms with E-state index in [1.54, 1.807) is 31.4 Å². The Labute approximate surface area is 207 Å². The number of carbonyl (C=O) groups is 1. The molecule has 2 heterocycles. The smallest absolute Gasteiger partial charge is 0.312 e. The summed E-state index contributed by atoms with van der Waals surface area (Å²) in [5.41, 5.74) is 2.98. The van der Waals surface area contributed by atoms with Crippen LogP contribution in [-0.4, -0.2) is 24.8 Å². The highest BCUT2D eigenvalue weighted by Crippen LogP contribution is 2.45. The van der Waals surface area contributed by atoms with Gasteiger partial charge in [0.1, 0.15) is 46.8 Å². The van der Waals surface area contributed by atoms with E-state index in [2.05, 4.69) is 6.58 Å². The van der Waals surface area contributed by atoms with Gasteiger partial charge < -0.3 is 23.7 Å². The van der Waals surface area contributed by atoms with Crippen molar-refractivity contribution in [2.75, 3.05) is 13.7 Å². The number of phenols is 1. The van der Waals surface area contributed by atoms with Crippen LogP contribution < -0.4 is 19.6 Å². The Bertz CT molecular complexity index is 1530. The molecule has 1 aliphatic heterocycles. The van der Waals surface area contributed by atoms with Gasteiger partial charge in [0.05, 0.1) is 19.1 Å². The number of ether oxygens (including phenoxy) is 3. The molecule has 3 aromatic carbocycles. The first kappa shape index (κ1) is 23.2. The fraction of sp³-hybridized carbons (Fsp3) is 0.172. The van der Waals surface area contributed by atoms with Gasteiger partial charge in [0.25, 0.3) is 0 Å². The zero-order valence-corrected chi connectivity index (χ0v) is 19.9. The molecule has 1 atom stereocenters. The van der Waals surface area contributed by atoms with Gasteiger partial charge in [-0.25, -0.2) is 0 Å². The van der Waals surface area contributed by atoms with Crippen LogP contribution in [-0.2, 0) is 4.79 Å². The van der Waals surface area contributed by atoms with Gasteiger partial charge in [-0.3, -0.25) is 9.59 Å². The first-order valence-corrected chi connectivity index (χ1v) is 11.4. The molecule has 0 spiro atoms. The fourth-order valence-electron chi connectivity index (χ4n) is 4.39. The van der Waals surface area contributed by atoms with Crippen LogP contribution >= 0.6 is 0 Å². The molecule has 1 aromatic heterocycles. The maximum absolute atomic E-state index is 13.5. The molecule has 1 unspecified atom stereocenters. The third kappa shape index (κ3) is 4.20. The number of benzene rings is 3. The van der Waals surface area contributed by atoms with Crippen LogP contribution in [0.5, 0.6) is 23.0 Å². The lowest BCUT2D eigenvalue weighted by Crippen LogP contribution is -2.22. The molecule has 182 valence electrons. The molecule has 7 nitrogen and oxygen atoms in total. The van der Waals surface area contributed by atoms with Crippen molar-refractivity contribution in [1.29, 1.82) is 0 Å². The Morgan fingerprint density at radius 1 is 1.08 bits per heavy atom. The number of fused-ring (bicyclic) bond motifs is 3. The minimum Gasteiger partial charge on any atom is -0.507 e. The molecule has 4 aromatic rings. The number of esters is 1. The second kappa shape index (κ2) is 9.26. The van der Waals surface area contributed by atoms with Crippen molar-refractivity contribution >= 4 is 16.9 Å². The zero-order chi connectivity index (χ0) is 25.4. The summed E-state index contributed by atoms with van der Waals surface area (Å²) in [6.07, 6.45) is 1.43. The maximum atomic E-state index is 13.5. The minimum atomic E-state index is -0.439. The summed E-state index contributed by atoms with van der Waals surface area (Å²) in [7, 11) is 1.56. The number of hydrogen-bond donors (Lipinski definition) is 1. The molecule has 36 heavy (non-hydrogen) atoms. The van der Waals surface area contributed by atoms with E-state index >= 15 is 0 Å². The van der Waals surface area contributed by atoms with Gasteiger partial charge in [-0.2, -0.15) is 0 Å². The summed E-state index contributed by atoms with van der Waals surface area (Å²) in [4.78, 5) is 25.9. The van der Waals surface area contributed by atoms with Crippen molar-refractivity contribution in [3.63, 3.8) is 0 Å². The number of aromatic hydroxyl groups is 1. The van der Waals surface area contributed by atoms with E-state index in [9.17, 15) is 14.7 Å². The van der Waals surface area contributed by atoms with Crippen LogP contribution in [0.15, 0.2) is 82.2 Å². The highest BCUT2D eigenvalue weighted by molar-refractivity contribution is 5.94. The van der Waals surface area contributed by atoms with E-state index in [0.717, 1.165) is 11.1 Å². The Morgan fingerprint density at radius 3 is 2.44 bits per heavy atom. The van der Waals surface area contributed by atoms with Gasteiger partial charge in [-0.15, -0.1) is 0 Å². The molecule has 1 N–H and O–H groups in total. The van der Waals surface area contributed by atoms with E-state index in [1.807, 2.05) is 31.2 Å². The van der Waals surface area contributed by atoms with Crippen molar-refractivity contribution in [2.24, 2.45) is 0 Å². The van der Waals surface area contributed by atoms with E-state index in [-0.39, 0.29) is 34.3 Å². The van der Waals surface area contributed by atoms with Crippen molar-refractivity contribution in [2.45, 2.75) is 19.3 Å². The lowest BCUT2D eigenvalue weighted by atomic mass is 9.85. The van der Waals surface area contributed by atoms with E-state index < -0.39 is 11.9 Å². The van der Waals surface area contributed by atoms with Crippen LogP contribution in [0, 0.1) is 0 Å². The summed E-state index contributed by atoms with van der Waals surface area (Å²) in [5, 5.41) is 10.8. The summed E-state index contributed by atoms with van der Waals surface area (Å²) in [6.45, 7) is 6.12. The maximum Gasteiger partial charge on any atom is 0.312 e. The Morgan fingerprint density at radius 2 is 1.78 bits per heavy atom. The minimum absolute atomic E-state index is 0.0337. The quantitative estimate of drug-likeness (QED) is 0.217. The van der Waals surface area contributed by atoms with Crippen molar-refractivity contribution < 1.29 is 28.5 Å². The summed E-state index contributed by atoms with van der Waals surface area (Å²) >= 11 is 0. The molecule has 0 fully saturated rings. The molecule has 5 rings (SSSR count). The standard InChI is InChI=1S/C29H24O7/c1-16(2)14-34-20-10-6-17(7-11-20)21-12-25(31)36-24-13-23(30)27-28(32)22(15-35-29(27)26(21)24)18-4-8-19(33-3)9-5-18/h4-11,13,15,21,30H,1,12,14H2,2-3H3. The highest BCUT2D eigenvalue weighted by atomic mass is 16.5. The van der Waals surface area contributed by atoms with E-state index in [1.165, 1.54) is 12.3 Å². The normalized spacial score (nSPS) is 14.7. The third-order valence-electron chi connectivity index (χ3n) is 6.14. The predicted molar refractivity (Wildman–Crippen MR) is 135 cm³/mol. The second-order valence-corrected chi connectivity index (χ2v) is 8.76. The lowest BCUT2D eigenvalue weighted by molar-refractivity contribution is -0.135. The van der Waals surface area contributed by atoms with Crippen LogP contribution in [0.4, 0.5) is 0 Å². The van der Waals surface area contributed by atoms with Gasteiger partial charge in [-0.05, 0) is 47.9 Å². The first-order chi connectivity index (χ1) is 17.4. The lowest BCUT2D eigenvalue weighted by Gasteiger charge is -2.26. The Kier molecular flexibility index (Phi) is 5.98. The molecular weight excluding hydrogens is 460 g/mol. The van der Waals surface area contributed by atoms with E-state index in [4.69, 9.17) is 18.6 Å². The van der Waals surface area contributed by atoms with E-state index in [0.29, 0.717) is 34.8 Å². The molecular formula is C29H24O7. The molecule has 1 aliphatic rings. The van der Waals surface area contributed by atoms with Crippen molar-refractivity contribution in [3.05, 3.63) is 94.4 Å². The summed E-state index contributed by atoms with van der Waals surface area (Å²) < 4.78 is 22.3. The molecule has 0 saturated carbocycles. The Hall–Kier alpha value is -4.52. The number of phenolic OH excluding ortho intramolecular Hbond substituents is 1. The molecule has 0 saturated heterocycles. The van der Waals surface area contributed by atoms with Gasteiger partial charge in [0.2, 0.25) is 5.43 Å². The monoisotopic (exact) mass is 484 g/mol. The predicted octanol–water partition coefficient (Wildman–Crippen LogP) is 5.57. The average molecular weight is 485 g/mol. The van der Waals surface area contributed by atoms with Crippen LogP contribution in [0.25, 0.3) is 22.1 Å². The molecule has 0 radical (unpaired) electrons. The number of carbonyl (C=O) groups excluding carboxylic acids is 1. The van der Waals surface area contributed by atoms with Crippen molar-refractivity contribution in [1.82, 2.24) is 0 Å². The molecule has 0 bridgehead atoms. The number of rotatable bonds is 6. The second-order valence-electron chi connectivity index (χ2n) is 8.76. The van der Waals surface area contributed by atoms with Gasteiger partial charge in [-0.1, -0.05) is 30.8 Å². The highest BCUT2D eigenvalue weighted by Gasteiger charge is 2.33. The zero-order valence-electron chi connectivity index (χ0n) is 19.9. The summed E-state index contributed by atoms with van der Waals surface area (Å²) in [5.74, 6) is 0.308. The van der Waals surface area contributed by atoms with Crippen molar-refractivity contribution in [3.8, 4) is 34.1 Å². The van der Waals surface area contributed by atoms with Crippen LogP contribution in [0.2, 0.25) is 0 Å². The molecule has 0 amide bonds. The fourth-order valence-corrected chi connectivity index (χ4v) is 4.39. The first-order valence-electron chi connectivity index (χ1n) is 11.4. The number of hydrogen-bond acceptors (Lipinski definition) is 7. The van der Waals surface area contributed by atoms with Gasteiger partial charge >= 0.3 is 5.97 Å². The van der Waals surface area contributed by atoms with Gasteiger partial charge in [0.15, 0.2) is 0 Å². The topological polar surface area (TPSA) is 95.2 Å². The number of methoxy groups -OCH3 is 1. The SMILES string of the molecule is C=C(C)COc1ccc(C2CC(=O)Oc3cc(O)c4c(=O)c(-c5ccc(OC)cc5)coc4c32)cc1. The molecule has 0 aliphatic carbocycles. The molecule has 7 heteroatoms. The average Bonchev–Trinajstić information content (AvgIpc) is 2.87. The van der Waals surface area contributed by atoms with Crippen LogP contribution in [0.1, 0.15) is 30.4 Å². The van der Waals surface area contributed by atoms with Gasteiger partial charge in [0, 0.05) is 17.5 Å². The van der Waals surface area contributed by atoms with Crippen LogP contribution in [0.3, 0.4) is 0 Å². The third-order valence-corrected chi connectivity index (χ3v) is 6.14. The Balaban J connectivity index is 1.62.